The lowest BCUT2D eigenvalue weighted by atomic mass is 10.2. The molecule has 0 saturated carbocycles. The van der Waals surface area contributed by atoms with Crippen molar-refractivity contribution in [3.05, 3.63) is 72.7 Å². The minimum absolute atomic E-state index is 0.0832. The number of nitrogens with one attached hydrogen (secondary N) is 1. The van der Waals surface area contributed by atoms with E-state index in [0.717, 1.165) is 16.6 Å². The summed E-state index contributed by atoms with van der Waals surface area (Å²) >= 11 is 0. The first-order valence-corrected chi connectivity index (χ1v) is 9.67. The Morgan fingerprint density at radius 3 is 2.44 bits per heavy atom. The first-order valence-electron chi connectivity index (χ1n) is 8.12. The van der Waals surface area contributed by atoms with Crippen molar-refractivity contribution in [2.75, 3.05) is 5.32 Å². The SMILES string of the molecule is NS(=O)(=O)c1ccc(CNc2ncnc3c2cnn3-c2ccccc2)cc1. The van der Waals surface area contributed by atoms with E-state index < -0.39 is 10.0 Å². The molecule has 0 saturated heterocycles. The average Bonchev–Trinajstić information content (AvgIpc) is 3.11. The molecule has 0 fully saturated rings. The molecule has 0 bridgehead atoms. The second-order valence-electron chi connectivity index (χ2n) is 5.89. The number of benzene rings is 2. The molecule has 0 aliphatic heterocycles. The first-order chi connectivity index (χ1) is 13.0. The number of hydrogen-bond acceptors (Lipinski definition) is 6. The molecule has 136 valence electrons. The summed E-state index contributed by atoms with van der Waals surface area (Å²) in [7, 11) is -3.69. The van der Waals surface area contributed by atoms with Gasteiger partial charge in [-0.3, -0.25) is 0 Å². The Bertz CT molecular complexity index is 1190. The van der Waals surface area contributed by atoms with Crippen LogP contribution in [0.2, 0.25) is 0 Å². The van der Waals surface area contributed by atoms with Crippen LogP contribution in [0.1, 0.15) is 5.56 Å². The highest BCUT2D eigenvalue weighted by Crippen LogP contribution is 2.22. The minimum atomic E-state index is -3.69. The second kappa shape index (κ2) is 6.78. The van der Waals surface area contributed by atoms with E-state index in [1.807, 2.05) is 30.3 Å². The molecule has 0 aliphatic rings. The van der Waals surface area contributed by atoms with E-state index in [9.17, 15) is 8.42 Å². The number of nitrogens with two attached hydrogens (primary N) is 1. The molecular formula is C18H16N6O2S. The highest BCUT2D eigenvalue weighted by atomic mass is 32.2. The topological polar surface area (TPSA) is 116 Å². The molecule has 2 heterocycles. The summed E-state index contributed by atoms with van der Waals surface area (Å²) in [6.45, 7) is 0.466. The standard InChI is InChI=1S/C18H16N6O2S/c19-27(25,26)15-8-6-13(7-9-15)10-20-17-16-11-23-24(18(16)22-12-21-17)14-4-2-1-3-5-14/h1-9,11-12H,10H2,(H2,19,25,26)(H,20,21,22). The first kappa shape index (κ1) is 17.1. The van der Waals surface area contributed by atoms with Crippen molar-refractivity contribution < 1.29 is 8.42 Å². The summed E-state index contributed by atoms with van der Waals surface area (Å²) in [5.74, 6) is 0.651. The van der Waals surface area contributed by atoms with Gasteiger partial charge in [0.05, 0.1) is 22.2 Å². The molecule has 2 aromatic heterocycles. The van der Waals surface area contributed by atoms with Crippen molar-refractivity contribution in [3.63, 3.8) is 0 Å². The van der Waals surface area contributed by atoms with Gasteiger partial charge >= 0.3 is 0 Å². The largest absolute Gasteiger partial charge is 0.365 e. The van der Waals surface area contributed by atoms with Crippen LogP contribution in [-0.4, -0.2) is 28.2 Å². The van der Waals surface area contributed by atoms with Crippen molar-refractivity contribution >= 4 is 26.9 Å². The van der Waals surface area contributed by atoms with Crippen LogP contribution < -0.4 is 10.5 Å². The predicted octanol–water partition coefficient (Wildman–Crippen LogP) is 2.07. The smallest absolute Gasteiger partial charge is 0.238 e. The van der Waals surface area contributed by atoms with Gasteiger partial charge < -0.3 is 5.32 Å². The molecule has 3 N–H and O–H groups in total. The monoisotopic (exact) mass is 380 g/mol. The molecule has 4 aromatic rings. The molecule has 9 heteroatoms. The summed E-state index contributed by atoms with van der Waals surface area (Å²) in [6, 6.07) is 16.1. The van der Waals surface area contributed by atoms with Crippen molar-refractivity contribution in [1.82, 2.24) is 19.7 Å². The van der Waals surface area contributed by atoms with Gasteiger partial charge in [0, 0.05) is 6.54 Å². The highest BCUT2D eigenvalue weighted by molar-refractivity contribution is 7.89. The molecule has 0 amide bonds. The number of primary sulfonamides is 1. The highest BCUT2D eigenvalue weighted by Gasteiger charge is 2.11. The van der Waals surface area contributed by atoms with Gasteiger partial charge in [0.15, 0.2) is 5.65 Å². The quantitative estimate of drug-likeness (QED) is 0.548. The Balaban J connectivity index is 1.59. The molecule has 0 radical (unpaired) electrons. The van der Waals surface area contributed by atoms with Crippen LogP contribution >= 0.6 is 0 Å². The molecule has 0 spiro atoms. The Morgan fingerprint density at radius 1 is 1.00 bits per heavy atom. The Hall–Kier alpha value is -3.30. The lowest BCUT2D eigenvalue weighted by molar-refractivity contribution is 0.598. The number of sulfonamides is 1. The molecule has 0 atom stereocenters. The van der Waals surface area contributed by atoms with Crippen molar-refractivity contribution in [2.45, 2.75) is 11.4 Å². The van der Waals surface area contributed by atoms with E-state index >= 15 is 0 Å². The average molecular weight is 380 g/mol. The van der Waals surface area contributed by atoms with Crippen molar-refractivity contribution in [3.8, 4) is 5.69 Å². The summed E-state index contributed by atoms with van der Waals surface area (Å²) < 4.78 is 24.4. The lowest BCUT2D eigenvalue weighted by Gasteiger charge is -2.08. The molecular weight excluding hydrogens is 364 g/mol. The zero-order chi connectivity index (χ0) is 18.9. The second-order valence-corrected chi connectivity index (χ2v) is 7.46. The third kappa shape index (κ3) is 3.50. The zero-order valence-corrected chi connectivity index (χ0v) is 15.0. The maximum atomic E-state index is 11.3. The summed E-state index contributed by atoms with van der Waals surface area (Å²) in [5.41, 5.74) is 2.50. The predicted molar refractivity (Wildman–Crippen MR) is 102 cm³/mol. The van der Waals surface area contributed by atoms with Gasteiger partial charge in [-0.2, -0.15) is 5.10 Å². The van der Waals surface area contributed by atoms with E-state index in [2.05, 4.69) is 20.4 Å². The number of rotatable bonds is 5. The van der Waals surface area contributed by atoms with Gasteiger partial charge in [0.25, 0.3) is 0 Å². The normalized spacial score (nSPS) is 11.6. The zero-order valence-electron chi connectivity index (χ0n) is 14.1. The van der Waals surface area contributed by atoms with E-state index in [1.54, 1.807) is 23.0 Å². The van der Waals surface area contributed by atoms with Crippen LogP contribution in [0.25, 0.3) is 16.7 Å². The summed E-state index contributed by atoms with van der Waals surface area (Å²) in [5, 5.41) is 13.6. The van der Waals surface area contributed by atoms with Crippen LogP contribution in [0.3, 0.4) is 0 Å². The third-order valence-corrected chi connectivity index (χ3v) is 5.01. The van der Waals surface area contributed by atoms with Crippen LogP contribution in [-0.2, 0) is 16.6 Å². The summed E-state index contributed by atoms with van der Waals surface area (Å²) in [4.78, 5) is 8.72. The molecule has 0 aliphatic carbocycles. The van der Waals surface area contributed by atoms with E-state index in [-0.39, 0.29) is 4.90 Å². The third-order valence-electron chi connectivity index (χ3n) is 4.08. The van der Waals surface area contributed by atoms with Gasteiger partial charge in [-0.25, -0.2) is 28.2 Å². The molecule has 27 heavy (non-hydrogen) atoms. The fourth-order valence-electron chi connectivity index (χ4n) is 2.73. The van der Waals surface area contributed by atoms with Gasteiger partial charge in [-0.05, 0) is 29.8 Å². The molecule has 2 aromatic carbocycles. The maximum Gasteiger partial charge on any atom is 0.238 e. The van der Waals surface area contributed by atoms with Gasteiger partial charge in [-0.15, -0.1) is 0 Å². The molecule has 4 rings (SSSR count). The number of hydrogen-bond donors (Lipinski definition) is 2. The van der Waals surface area contributed by atoms with Crippen molar-refractivity contribution in [1.29, 1.82) is 0 Å². The summed E-state index contributed by atoms with van der Waals surface area (Å²) in [6.07, 6.45) is 3.20. The number of aromatic nitrogens is 4. The Morgan fingerprint density at radius 2 is 1.74 bits per heavy atom. The molecule has 8 nitrogen and oxygen atoms in total. The van der Waals surface area contributed by atoms with Gasteiger partial charge in [-0.1, -0.05) is 30.3 Å². The fourth-order valence-corrected chi connectivity index (χ4v) is 3.24. The van der Waals surface area contributed by atoms with E-state index in [0.29, 0.717) is 18.0 Å². The Kier molecular flexibility index (Phi) is 4.30. The number of nitrogens with zero attached hydrogens (tertiary/aromatic N) is 4. The van der Waals surface area contributed by atoms with Crippen molar-refractivity contribution in [2.24, 2.45) is 5.14 Å². The van der Waals surface area contributed by atoms with Crippen LogP contribution in [0.4, 0.5) is 5.82 Å². The van der Waals surface area contributed by atoms with Gasteiger partial charge in [0.1, 0.15) is 12.1 Å². The van der Waals surface area contributed by atoms with Crippen LogP contribution in [0.15, 0.2) is 72.0 Å². The molecule has 0 unspecified atom stereocenters. The van der Waals surface area contributed by atoms with E-state index in [1.165, 1.54) is 18.5 Å². The van der Waals surface area contributed by atoms with E-state index in [4.69, 9.17) is 5.14 Å². The van der Waals surface area contributed by atoms with Crippen LogP contribution in [0.5, 0.6) is 0 Å². The number of para-hydroxylation sites is 1. The number of fused-ring (bicyclic) bond motifs is 1. The maximum absolute atomic E-state index is 11.3. The van der Waals surface area contributed by atoms with Gasteiger partial charge in [0.2, 0.25) is 10.0 Å². The minimum Gasteiger partial charge on any atom is -0.365 e. The Labute approximate surface area is 155 Å². The number of anilines is 1. The van der Waals surface area contributed by atoms with Crippen LogP contribution in [0, 0.1) is 0 Å². The lowest BCUT2D eigenvalue weighted by Crippen LogP contribution is -2.12. The fraction of sp³-hybridized carbons (Fsp3) is 0.0556.